The van der Waals surface area contributed by atoms with Crippen molar-refractivity contribution < 1.29 is 8.78 Å². The van der Waals surface area contributed by atoms with Crippen LogP contribution in [0.2, 0.25) is 0 Å². The van der Waals surface area contributed by atoms with Crippen molar-refractivity contribution in [1.82, 2.24) is 0 Å². The van der Waals surface area contributed by atoms with E-state index in [1.165, 1.54) is 12.1 Å². The number of hydrogen-bond donors (Lipinski definition) is 0. The highest BCUT2D eigenvalue weighted by Gasteiger charge is 2.14. The van der Waals surface area contributed by atoms with Crippen LogP contribution >= 0.6 is 11.6 Å². The Labute approximate surface area is 98.9 Å². The van der Waals surface area contributed by atoms with Gasteiger partial charge in [0.15, 0.2) is 0 Å². The van der Waals surface area contributed by atoms with Crippen molar-refractivity contribution in [2.75, 3.05) is 0 Å². The van der Waals surface area contributed by atoms with Crippen LogP contribution in [0.4, 0.5) is 8.78 Å². The van der Waals surface area contributed by atoms with Gasteiger partial charge in [0, 0.05) is 5.56 Å². The molecule has 1 atom stereocenters. The maximum absolute atomic E-state index is 13.6. The van der Waals surface area contributed by atoms with Gasteiger partial charge in [0.1, 0.15) is 11.6 Å². The van der Waals surface area contributed by atoms with E-state index in [-0.39, 0.29) is 11.2 Å². The van der Waals surface area contributed by atoms with Crippen LogP contribution in [-0.2, 0) is 0 Å². The first-order chi connectivity index (χ1) is 7.66. The van der Waals surface area contributed by atoms with E-state index in [4.69, 9.17) is 11.6 Å². The number of alkyl halides is 1. The molecule has 0 saturated heterocycles. The fraction of sp³-hybridized carbons (Fsp3) is 0.385. The second kappa shape index (κ2) is 4.96. The summed E-state index contributed by atoms with van der Waals surface area (Å²) in [4.78, 5) is 0. The van der Waals surface area contributed by atoms with E-state index >= 15 is 0 Å². The molecule has 1 aromatic rings. The quantitative estimate of drug-likeness (QED) is 0.635. The first-order valence-electron chi connectivity index (χ1n) is 5.47. The zero-order valence-corrected chi connectivity index (χ0v) is 9.61. The van der Waals surface area contributed by atoms with Gasteiger partial charge in [-0.1, -0.05) is 12.5 Å². The van der Waals surface area contributed by atoms with Crippen molar-refractivity contribution in [1.29, 1.82) is 0 Å². The van der Waals surface area contributed by atoms with Gasteiger partial charge >= 0.3 is 0 Å². The molecule has 0 aromatic heterocycles. The average molecular weight is 243 g/mol. The Morgan fingerprint density at radius 1 is 1.19 bits per heavy atom. The lowest BCUT2D eigenvalue weighted by molar-refractivity contribution is 0.596. The number of benzene rings is 1. The molecule has 0 bridgehead atoms. The first kappa shape index (κ1) is 11.6. The summed E-state index contributed by atoms with van der Waals surface area (Å²) < 4.78 is 26.6. The molecule has 0 spiro atoms. The van der Waals surface area contributed by atoms with Crippen molar-refractivity contribution in [3.63, 3.8) is 0 Å². The fourth-order valence-electron chi connectivity index (χ4n) is 2.01. The smallest absolute Gasteiger partial charge is 0.130 e. The Hall–Kier alpha value is -0.890. The molecule has 1 aromatic carbocycles. The minimum absolute atomic E-state index is 0.0693. The van der Waals surface area contributed by atoms with E-state index in [0.29, 0.717) is 5.56 Å². The maximum Gasteiger partial charge on any atom is 0.130 e. The standard InChI is InChI=1S/C13H13ClF2/c14-10-4-2-1-3-9(7-10)12-8-11(15)5-6-13(12)16/h5-8,10H,1-4H2. The normalized spacial score (nSPS) is 21.4. The molecule has 1 aliphatic carbocycles. The summed E-state index contributed by atoms with van der Waals surface area (Å²) in [6, 6.07) is 3.55. The van der Waals surface area contributed by atoms with Gasteiger partial charge in [-0.05, 0) is 43.0 Å². The van der Waals surface area contributed by atoms with Gasteiger partial charge in [-0.3, -0.25) is 0 Å². The average Bonchev–Trinajstić information content (AvgIpc) is 2.46. The lowest BCUT2D eigenvalue weighted by Gasteiger charge is -2.07. The summed E-state index contributed by atoms with van der Waals surface area (Å²) in [6.45, 7) is 0. The maximum atomic E-state index is 13.6. The second-order valence-electron chi connectivity index (χ2n) is 4.08. The van der Waals surface area contributed by atoms with Crippen LogP contribution in [0.15, 0.2) is 24.3 Å². The van der Waals surface area contributed by atoms with Crippen LogP contribution in [0.25, 0.3) is 5.57 Å². The van der Waals surface area contributed by atoms with Gasteiger partial charge in [-0.25, -0.2) is 8.78 Å². The van der Waals surface area contributed by atoms with Gasteiger partial charge in [-0.15, -0.1) is 11.6 Å². The van der Waals surface area contributed by atoms with Crippen LogP contribution in [0.5, 0.6) is 0 Å². The predicted molar refractivity (Wildman–Crippen MR) is 62.4 cm³/mol. The number of hydrogen-bond acceptors (Lipinski definition) is 0. The SMILES string of the molecule is Fc1ccc(F)c(C2=CC(Cl)CCCC2)c1. The molecule has 1 unspecified atom stereocenters. The van der Waals surface area contributed by atoms with Crippen molar-refractivity contribution in [3.05, 3.63) is 41.5 Å². The van der Waals surface area contributed by atoms with E-state index < -0.39 is 5.82 Å². The lowest BCUT2D eigenvalue weighted by atomic mass is 10.0. The van der Waals surface area contributed by atoms with E-state index in [1.54, 1.807) is 0 Å². The summed E-state index contributed by atoms with van der Waals surface area (Å²) in [6.07, 6.45) is 5.54. The summed E-state index contributed by atoms with van der Waals surface area (Å²) in [5.74, 6) is -0.786. The Balaban J connectivity index is 2.38. The molecule has 0 N–H and O–H groups in total. The summed E-state index contributed by atoms with van der Waals surface area (Å²) in [5, 5.41) is -0.0693. The molecule has 3 heteroatoms. The molecule has 16 heavy (non-hydrogen) atoms. The highest BCUT2D eigenvalue weighted by atomic mass is 35.5. The summed E-state index contributed by atoms with van der Waals surface area (Å²) >= 11 is 6.07. The van der Waals surface area contributed by atoms with Crippen LogP contribution in [0.3, 0.4) is 0 Å². The number of allylic oxidation sites excluding steroid dienone is 2. The van der Waals surface area contributed by atoms with Crippen molar-refractivity contribution in [2.24, 2.45) is 0 Å². The minimum Gasteiger partial charge on any atom is -0.207 e. The van der Waals surface area contributed by atoms with Crippen LogP contribution in [0.1, 0.15) is 31.2 Å². The molecule has 0 radical (unpaired) electrons. The molecule has 0 heterocycles. The Morgan fingerprint density at radius 3 is 2.81 bits per heavy atom. The van der Waals surface area contributed by atoms with Gasteiger partial charge < -0.3 is 0 Å². The topological polar surface area (TPSA) is 0 Å². The zero-order chi connectivity index (χ0) is 11.5. The van der Waals surface area contributed by atoms with Gasteiger partial charge in [-0.2, -0.15) is 0 Å². The first-order valence-corrected chi connectivity index (χ1v) is 5.90. The highest BCUT2D eigenvalue weighted by Crippen LogP contribution is 2.29. The lowest BCUT2D eigenvalue weighted by Crippen LogP contribution is -1.94. The summed E-state index contributed by atoms with van der Waals surface area (Å²) in [5.41, 5.74) is 1.18. The van der Waals surface area contributed by atoms with E-state index in [9.17, 15) is 8.78 Å². The van der Waals surface area contributed by atoms with E-state index in [0.717, 1.165) is 37.3 Å². The largest absolute Gasteiger partial charge is 0.207 e. The molecule has 2 rings (SSSR count). The molecule has 86 valence electrons. The molecular weight excluding hydrogens is 230 g/mol. The number of rotatable bonds is 1. The molecule has 1 aliphatic rings. The zero-order valence-electron chi connectivity index (χ0n) is 8.85. The molecular formula is C13H13ClF2. The Morgan fingerprint density at radius 2 is 2.00 bits per heavy atom. The molecule has 0 fully saturated rings. The van der Waals surface area contributed by atoms with Crippen molar-refractivity contribution in [3.8, 4) is 0 Å². The third kappa shape index (κ3) is 2.62. The second-order valence-corrected chi connectivity index (χ2v) is 4.64. The van der Waals surface area contributed by atoms with Crippen LogP contribution < -0.4 is 0 Å². The van der Waals surface area contributed by atoms with Gasteiger partial charge in [0.2, 0.25) is 0 Å². The summed E-state index contributed by atoms with van der Waals surface area (Å²) in [7, 11) is 0. The predicted octanol–water partition coefficient (Wildman–Crippen LogP) is 4.53. The van der Waals surface area contributed by atoms with Crippen LogP contribution in [-0.4, -0.2) is 5.38 Å². The van der Waals surface area contributed by atoms with Crippen LogP contribution in [0, 0.1) is 11.6 Å². The highest BCUT2D eigenvalue weighted by molar-refractivity contribution is 6.22. The molecule has 0 saturated carbocycles. The van der Waals surface area contributed by atoms with Crippen molar-refractivity contribution >= 4 is 17.2 Å². The molecule has 0 aliphatic heterocycles. The minimum atomic E-state index is -0.410. The van der Waals surface area contributed by atoms with Gasteiger partial charge in [0.05, 0.1) is 5.38 Å². The van der Waals surface area contributed by atoms with Gasteiger partial charge in [0.25, 0.3) is 0 Å². The van der Waals surface area contributed by atoms with E-state index in [1.807, 2.05) is 6.08 Å². The monoisotopic (exact) mass is 242 g/mol. The third-order valence-corrected chi connectivity index (χ3v) is 3.18. The molecule has 0 amide bonds. The van der Waals surface area contributed by atoms with Crippen molar-refractivity contribution in [2.45, 2.75) is 31.1 Å². The Bertz CT molecular complexity index is 412. The number of halogens is 3. The third-order valence-electron chi connectivity index (χ3n) is 2.83. The Kier molecular flexibility index (Phi) is 3.59. The van der Waals surface area contributed by atoms with E-state index in [2.05, 4.69) is 0 Å². The molecule has 0 nitrogen and oxygen atoms in total. The fourth-order valence-corrected chi connectivity index (χ4v) is 2.31.